The number of ether oxygens (including phenoxy) is 1. The normalized spacial score (nSPS) is 21.8. The summed E-state index contributed by atoms with van der Waals surface area (Å²) in [5.41, 5.74) is 2.30. The molecule has 1 fully saturated rings. The highest BCUT2D eigenvalue weighted by molar-refractivity contribution is 9.10. The topological polar surface area (TPSA) is 63.7 Å². The van der Waals surface area contributed by atoms with Crippen molar-refractivity contribution in [2.24, 2.45) is 5.41 Å². The lowest BCUT2D eigenvalue weighted by Gasteiger charge is -2.37. The summed E-state index contributed by atoms with van der Waals surface area (Å²) in [6.07, 6.45) is 3.91. The summed E-state index contributed by atoms with van der Waals surface area (Å²) >= 11 is 3.52. The van der Waals surface area contributed by atoms with Gasteiger partial charge in [0.15, 0.2) is 17.3 Å². The maximum atomic E-state index is 14.7. The number of hydrogen-bond acceptors (Lipinski definition) is 5. The second-order valence-corrected chi connectivity index (χ2v) is 11.3. The molecule has 6 heteroatoms. The van der Waals surface area contributed by atoms with E-state index in [-0.39, 0.29) is 17.3 Å². The number of rotatable bonds is 4. The van der Waals surface area contributed by atoms with Gasteiger partial charge in [0.05, 0.1) is 13.2 Å². The first-order chi connectivity index (χ1) is 19.5. The lowest BCUT2D eigenvalue weighted by Crippen LogP contribution is -2.48. The number of ketones is 3. The smallest absolute Gasteiger partial charge is 0.186 e. The molecule has 2 heterocycles. The number of benzene rings is 4. The van der Waals surface area contributed by atoms with E-state index in [4.69, 9.17) is 4.74 Å². The maximum Gasteiger partial charge on any atom is 0.186 e. The molecule has 0 amide bonds. The third-order valence-corrected chi connectivity index (χ3v) is 9.09. The van der Waals surface area contributed by atoms with E-state index in [9.17, 15) is 14.4 Å². The number of fused-ring (bicyclic) bond motifs is 5. The number of anilines is 1. The van der Waals surface area contributed by atoms with E-state index in [0.29, 0.717) is 22.4 Å². The van der Waals surface area contributed by atoms with Crippen LogP contribution in [0.3, 0.4) is 0 Å². The summed E-state index contributed by atoms with van der Waals surface area (Å²) < 4.78 is 6.30. The van der Waals surface area contributed by atoms with Crippen molar-refractivity contribution in [1.29, 1.82) is 0 Å². The quantitative estimate of drug-likeness (QED) is 0.194. The molecule has 0 aromatic heterocycles. The number of halogens is 1. The van der Waals surface area contributed by atoms with Gasteiger partial charge >= 0.3 is 0 Å². The Hall–Kier alpha value is -4.29. The van der Waals surface area contributed by atoms with Crippen molar-refractivity contribution in [3.05, 3.63) is 135 Å². The van der Waals surface area contributed by atoms with Gasteiger partial charge in [-0.05, 0) is 41.5 Å². The first-order valence-corrected chi connectivity index (χ1v) is 13.9. The van der Waals surface area contributed by atoms with Crippen molar-refractivity contribution in [2.45, 2.75) is 18.0 Å². The number of hydrogen-bond donors (Lipinski definition) is 0. The third kappa shape index (κ3) is 3.29. The van der Waals surface area contributed by atoms with Gasteiger partial charge in [-0.2, -0.15) is 0 Å². The van der Waals surface area contributed by atoms with Gasteiger partial charge in [-0.3, -0.25) is 14.4 Å². The molecule has 2 aliphatic heterocycles. The Bertz CT molecular complexity index is 1710. The number of nitrogens with zero attached hydrogens (tertiary/aromatic N) is 1. The maximum absolute atomic E-state index is 14.7. The summed E-state index contributed by atoms with van der Waals surface area (Å²) in [5.74, 6) is -0.820. The van der Waals surface area contributed by atoms with Crippen molar-refractivity contribution >= 4 is 45.0 Å². The Morgan fingerprint density at radius 2 is 1.52 bits per heavy atom. The second kappa shape index (κ2) is 9.14. The van der Waals surface area contributed by atoms with Crippen LogP contribution in [0, 0.1) is 5.41 Å². The summed E-state index contributed by atoms with van der Waals surface area (Å²) in [6.45, 7) is 0. The van der Waals surface area contributed by atoms with Crippen LogP contribution in [0.2, 0.25) is 0 Å². The first-order valence-electron chi connectivity index (χ1n) is 13.1. The average Bonchev–Trinajstić information content (AvgIpc) is 3.43. The summed E-state index contributed by atoms with van der Waals surface area (Å²) in [6, 6.07) is 28.1. The molecular weight excluding hydrogens is 566 g/mol. The fraction of sp³-hybridized carbons (Fsp3) is 0.147. The van der Waals surface area contributed by atoms with Gasteiger partial charge in [-0.25, -0.2) is 0 Å². The predicted octanol–water partition coefficient (Wildman–Crippen LogP) is 6.77. The van der Waals surface area contributed by atoms with Gasteiger partial charge in [0, 0.05) is 32.8 Å². The van der Waals surface area contributed by atoms with Gasteiger partial charge in [0.2, 0.25) is 0 Å². The SMILES string of the molecule is COc1cccc(C(=O)[C@@H]2[C@H](c3ccc(Br)cc3)C3(C(=O)c4ccccc4C3=O)[C@@H]3C=Cc4ccccc4N23)c1. The number of methoxy groups -OCH3 is 1. The molecule has 1 spiro atoms. The highest BCUT2D eigenvalue weighted by atomic mass is 79.9. The Morgan fingerprint density at radius 3 is 2.23 bits per heavy atom. The molecule has 4 aromatic rings. The van der Waals surface area contributed by atoms with E-state index in [2.05, 4.69) is 15.9 Å². The summed E-state index contributed by atoms with van der Waals surface area (Å²) in [5, 5.41) is 0. The molecule has 5 nitrogen and oxygen atoms in total. The highest BCUT2D eigenvalue weighted by Gasteiger charge is 2.71. The lowest BCUT2D eigenvalue weighted by atomic mass is 9.64. The summed E-state index contributed by atoms with van der Waals surface area (Å²) in [7, 11) is 1.56. The molecule has 1 saturated heterocycles. The number of carbonyl (C=O) groups excluding carboxylic acids is 3. The molecular formula is C34H24BrNO4. The van der Waals surface area contributed by atoms with Gasteiger partial charge in [0.25, 0.3) is 0 Å². The molecule has 196 valence electrons. The molecule has 40 heavy (non-hydrogen) atoms. The van der Waals surface area contributed by atoms with Crippen LogP contribution in [0.5, 0.6) is 5.75 Å². The molecule has 0 radical (unpaired) electrons. The van der Waals surface area contributed by atoms with Crippen LogP contribution in [0.4, 0.5) is 5.69 Å². The van der Waals surface area contributed by atoms with Gasteiger partial charge in [-0.15, -0.1) is 0 Å². The second-order valence-electron chi connectivity index (χ2n) is 10.4. The zero-order valence-corrected chi connectivity index (χ0v) is 23.2. The van der Waals surface area contributed by atoms with Crippen LogP contribution in [0.1, 0.15) is 48.1 Å². The van der Waals surface area contributed by atoms with E-state index >= 15 is 0 Å². The van der Waals surface area contributed by atoms with Crippen molar-refractivity contribution < 1.29 is 19.1 Å². The molecule has 3 aliphatic rings. The zero-order valence-electron chi connectivity index (χ0n) is 21.6. The van der Waals surface area contributed by atoms with Crippen LogP contribution in [-0.4, -0.2) is 36.5 Å². The van der Waals surface area contributed by atoms with E-state index in [1.807, 2.05) is 65.6 Å². The van der Waals surface area contributed by atoms with E-state index in [0.717, 1.165) is 21.3 Å². The minimum Gasteiger partial charge on any atom is -0.497 e. The monoisotopic (exact) mass is 589 g/mol. The highest BCUT2D eigenvalue weighted by Crippen LogP contribution is 2.61. The lowest BCUT2D eigenvalue weighted by molar-refractivity contribution is 0.0666. The fourth-order valence-corrected chi connectivity index (χ4v) is 7.17. The zero-order chi connectivity index (χ0) is 27.6. The van der Waals surface area contributed by atoms with Crippen molar-refractivity contribution in [3.63, 3.8) is 0 Å². The molecule has 3 atom stereocenters. The number of carbonyl (C=O) groups is 3. The van der Waals surface area contributed by atoms with E-state index in [1.54, 1.807) is 55.6 Å². The Balaban J connectivity index is 1.54. The van der Waals surface area contributed by atoms with Gasteiger partial charge < -0.3 is 9.64 Å². The average molecular weight is 590 g/mol. The molecule has 0 saturated carbocycles. The van der Waals surface area contributed by atoms with Crippen LogP contribution < -0.4 is 9.64 Å². The Kier molecular flexibility index (Phi) is 5.65. The fourth-order valence-electron chi connectivity index (χ4n) is 6.91. The largest absolute Gasteiger partial charge is 0.497 e. The van der Waals surface area contributed by atoms with Crippen molar-refractivity contribution in [2.75, 3.05) is 12.0 Å². The van der Waals surface area contributed by atoms with Gasteiger partial charge in [0.1, 0.15) is 17.2 Å². The predicted molar refractivity (Wildman–Crippen MR) is 157 cm³/mol. The van der Waals surface area contributed by atoms with Gasteiger partial charge in [-0.1, -0.05) is 94.8 Å². The Labute approximate surface area is 240 Å². The molecule has 0 bridgehead atoms. The van der Waals surface area contributed by atoms with Crippen molar-refractivity contribution in [3.8, 4) is 5.75 Å². The number of Topliss-reactive ketones (excluding diaryl/α,β-unsaturated/α-hetero) is 3. The minimum atomic E-state index is -1.51. The van der Waals surface area contributed by atoms with Crippen LogP contribution in [-0.2, 0) is 0 Å². The molecule has 4 aromatic carbocycles. The number of para-hydroxylation sites is 1. The van der Waals surface area contributed by atoms with Crippen LogP contribution in [0.25, 0.3) is 6.08 Å². The molecule has 7 rings (SSSR count). The Morgan fingerprint density at radius 1 is 0.850 bits per heavy atom. The molecule has 0 N–H and O–H groups in total. The minimum absolute atomic E-state index is 0.171. The summed E-state index contributed by atoms with van der Waals surface area (Å²) in [4.78, 5) is 46.0. The van der Waals surface area contributed by atoms with Crippen LogP contribution in [0.15, 0.2) is 108 Å². The third-order valence-electron chi connectivity index (χ3n) is 8.56. The standard InChI is InChI=1S/C34H24BrNO4/c1-40-24-9-6-8-22(19-24)31(37)30-29(21-13-16-23(35)17-14-21)34(32(38)25-10-3-4-11-26(25)33(34)39)28-18-15-20-7-2-5-12-27(20)36(28)30/h2-19,28-30H,1H3/t28-,29-,30-/m0/s1. The van der Waals surface area contributed by atoms with Crippen LogP contribution >= 0.6 is 15.9 Å². The van der Waals surface area contributed by atoms with E-state index < -0.39 is 23.4 Å². The first kappa shape index (κ1) is 24.7. The van der Waals surface area contributed by atoms with Crippen molar-refractivity contribution in [1.82, 2.24) is 0 Å². The molecule has 1 aliphatic carbocycles. The molecule has 0 unspecified atom stereocenters. The van der Waals surface area contributed by atoms with E-state index in [1.165, 1.54) is 0 Å².